The number of allylic oxidation sites excluding steroid dienone is 1. The molecular weight excluding hydrogens is 284 g/mol. The fourth-order valence-electron chi connectivity index (χ4n) is 2.96. The molecule has 0 bridgehead atoms. The lowest BCUT2D eigenvalue weighted by molar-refractivity contribution is 0.355. The van der Waals surface area contributed by atoms with E-state index in [1.807, 2.05) is 22.7 Å². The van der Waals surface area contributed by atoms with E-state index < -0.39 is 0 Å². The van der Waals surface area contributed by atoms with Gasteiger partial charge in [-0.2, -0.15) is 0 Å². The van der Waals surface area contributed by atoms with Gasteiger partial charge in [-0.3, -0.25) is 0 Å². The summed E-state index contributed by atoms with van der Waals surface area (Å²) >= 11 is 3.77. The predicted molar refractivity (Wildman–Crippen MR) is 89.5 cm³/mol. The minimum atomic E-state index is 0.889. The van der Waals surface area contributed by atoms with Crippen molar-refractivity contribution < 1.29 is 4.74 Å². The van der Waals surface area contributed by atoms with Crippen LogP contribution in [0.4, 0.5) is 0 Å². The maximum absolute atomic E-state index is 5.46. The molecule has 0 saturated carbocycles. The Morgan fingerprint density at radius 2 is 1.60 bits per heavy atom. The first kappa shape index (κ1) is 13.9. The molecule has 0 amide bonds. The summed E-state index contributed by atoms with van der Waals surface area (Å²) in [6, 6.07) is 0. The number of aryl methyl sites for hydroxylation is 4. The second kappa shape index (κ2) is 5.38. The van der Waals surface area contributed by atoms with Crippen molar-refractivity contribution in [3.8, 4) is 5.75 Å². The van der Waals surface area contributed by atoms with Gasteiger partial charge < -0.3 is 4.74 Å². The molecule has 0 N–H and O–H groups in total. The molecule has 3 heterocycles. The van der Waals surface area contributed by atoms with Crippen LogP contribution in [0.2, 0.25) is 0 Å². The van der Waals surface area contributed by atoms with Gasteiger partial charge in [0.25, 0.3) is 0 Å². The van der Waals surface area contributed by atoms with E-state index in [2.05, 4.69) is 39.8 Å². The zero-order chi connectivity index (χ0) is 14.3. The Labute approximate surface area is 128 Å². The van der Waals surface area contributed by atoms with Crippen molar-refractivity contribution in [3.05, 3.63) is 42.3 Å². The summed E-state index contributed by atoms with van der Waals surface area (Å²) in [7, 11) is 0. The Hall–Kier alpha value is -1.06. The van der Waals surface area contributed by atoms with Crippen LogP contribution in [0.1, 0.15) is 36.2 Å². The Morgan fingerprint density at radius 3 is 2.30 bits per heavy atom. The molecule has 2 aromatic rings. The van der Waals surface area contributed by atoms with Crippen molar-refractivity contribution in [1.82, 2.24) is 0 Å². The highest BCUT2D eigenvalue weighted by Gasteiger charge is 2.19. The van der Waals surface area contributed by atoms with Gasteiger partial charge in [-0.05, 0) is 45.2 Å². The van der Waals surface area contributed by atoms with Crippen LogP contribution in [0, 0.1) is 27.7 Å². The molecule has 1 nitrogen and oxygen atoms in total. The van der Waals surface area contributed by atoms with E-state index >= 15 is 0 Å². The maximum Gasteiger partial charge on any atom is 0.136 e. The highest BCUT2D eigenvalue weighted by molar-refractivity contribution is 7.12. The third-order valence-electron chi connectivity index (χ3n) is 3.97. The highest BCUT2D eigenvalue weighted by atomic mass is 32.1. The third kappa shape index (κ3) is 2.33. The molecule has 20 heavy (non-hydrogen) atoms. The van der Waals surface area contributed by atoms with Crippen LogP contribution in [-0.2, 0) is 12.8 Å². The summed E-state index contributed by atoms with van der Waals surface area (Å²) in [5, 5.41) is 0. The molecule has 1 aliphatic carbocycles. The number of hydrogen-bond acceptors (Lipinski definition) is 3. The van der Waals surface area contributed by atoms with Gasteiger partial charge in [-0.25, -0.2) is 0 Å². The van der Waals surface area contributed by atoms with Gasteiger partial charge in [0.15, 0.2) is 0 Å². The second-order valence-corrected chi connectivity index (χ2v) is 8.19. The molecule has 0 aromatic carbocycles. The van der Waals surface area contributed by atoms with Crippen LogP contribution in [-0.4, -0.2) is 6.61 Å². The first-order valence-electron chi connectivity index (χ1n) is 7.05. The molecule has 0 fully saturated rings. The average Bonchev–Trinajstić information content (AvgIpc) is 3.13. The normalized spacial score (nSPS) is 14.6. The SMILES string of the molecule is Cc1sc(C)c2c1C=CC2.Cc1sc(C)c2c1CCO2. The van der Waals surface area contributed by atoms with E-state index in [4.69, 9.17) is 4.74 Å². The number of hydrogen-bond donors (Lipinski definition) is 0. The van der Waals surface area contributed by atoms with E-state index in [1.165, 1.54) is 36.4 Å². The summed E-state index contributed by atoms with van der Waals surface area (Å²) in [6.45, 7) is 9.60. The Balaban J connectivity index is 0.000000121. The minimum Gasteiger partial charge on any atom is -0.492 e. The maximum atomic E-state index is 5.46. The van der Waals surface area contributed by atoms with E-state index in [9.17, 15) is 0 Å². The molecule has 106 valence electrons. The summed E-state index contributed by atoms with van der Waals surface area (Å²) in [4.78, 5) is 5.74. The third-order valence-corrected chi connectivity index (χ3v) is 6.09. The van der Waals surface area contributed by atoms with Gasteiger partial charge in [0.2, 0.25) is 0 Å². The van der Waals surface area contributed by atoms with E-state index in [0.717, 1.165) is 19.4 Å². The minimum absolute atomic E-state index is 0.889. The summed E-state index contributed by atoms with van der Waals surface area (Å²) in [5.41, 5.74) is 4.49. The fourth-order valence-corrected chi connectivity index (χ4v) is 5.09. The Kier molecular flexibility index (Phi) is 3.74. The largest absolute Gasteiger partial charge is 0.492 e. The average molecular weight is 304 g/mol. The van der Waals surface area contributed by atoms with Crippen LogP contribution >= 0.6 is 22.7 Å². The lowest BCUT2D eigenvalue weighted by Gasteiger charge is -1.92. The Morgan fingerprint density at radius 1 is 0.900 bits per heavy atom. The molecule has 4 rings (SSSR count). The van der Waals surface area contributed by atoms with Gasteiger partial charge in [-0.15, -0.1) is 22.7 Å². The summed E-state index contributed by atoms with van der Waals surface area (Å²) in [6.07, 6.45) is 6.77. The van der Waals surface area contributed by atoms with Crippen LogP contribution in [0.3, 0.4) is 0 Å². The predicted octanol–water partition coefficient (Wildman–Crippen LogP) is 5.23. The van der Waals surface area contributed by atoms with E-state index in [0.29, 0.717) is 0 Å². The molecule has 2 aromatic heterocycles. The molecule has 3 heteroatoms. The topological polar surface area (TPSA) is 9.23 Å². The van der Waals surface area contributed by atoms with Crippen molar-refractivity contribution >= 4 is 28.7 Å². The van der Waals surface area contributed by atoms with Crippen molar-refractivity contribution in [2.24, 2.45) is 0 Å². The van der Waals surface area contributed by atoms with Crippen LogP contribution < -0.4 is 4.74 Å². The molecule has 0 spiro atoms. The van der Waals surface area contributed by atoms with Gasteiger partial charge in [-0.1, -0.05) is 12.2 Å². The van der Waals surface area contributed by atoms with Crippen LogP contribution in [0.25, 0.3) is 6.08 Å². The van der Waals surface area contributed by atoms with Crippen molar-refractivity contribution in [1.29, 1.82) is 0 Å². The lowest BCUT2D eigenvalue weighted by atomic mass is 10.1. The number of fused-ring (bicyclic) bond motifs is 2. The first-order valence-corrected chi connectivity index (χ1v) is 8.68. The number of rotatable bonds is 0. The highest BCUT2D eigenvalue weighted by Crippen LogP contribution is 2.38. The summed E-state index contributed by atoms with van der Waals surface area (Å²) < 4.78 is 5.46. The lowest BCUT2D eigenvalue weighted by Crippen LogP contribution is -1.88. The monoisotopic (exact) mass is 304 g/mol. The van der Waals surface area contributed by atoms with Crippen molar-refractivity contribution in [3.63, 3.8) is 0 Å². The van der Waals surface area contributed by atoms with Gasteiger partial charge in [0, 0.05) is 31.5 Å². The summed E-state index contributed by atoms with van der Waals surface area (Å²) in [5.74, 6) is 1.17. The van der Waals surface area contributed by atoms with Gasteiger partial charge >= 0.3 is 0 Å². The molecule has 1 aliphatic heterocycles. The molecule has 2 aliphatic rings. The van der Waals surface area contributed by atoms with E-state index in [-0.39, 0.29) is 0 Å². The smallest absolute Gasteiger partial charge is 0.136 e. The fraction of sp³-hybridized carbons (Fsp3) is 0.412. The molecule has 0 saturated heterocycles. The number of ether oxygens (including phenoxy) is 1. The molecule has 0 unspecified atom stereocenters. The van der Waals surface area contributed by atoms with E-state index in [1.54, 1.807) is 5.56 Å². The zero-order valence-corrected chi connectivity index (χ0v) is 14.1. The first-order chi connectivity index (χ1) is 9.58. The number of thiophene rings is 2. The standard InChI is InChI=1S/C9H10S.C8H10OS/c1-6-8-4-3-5-9(8)7(2)10-6;1-5-7-3-4-9-8(7)6(2)10-5/h3-4H,5H2,1-2H3;3-4H2,1-2H3. The Bertz CT molecular complexity index is 644. The van der Waals surface area contributed by atoms with Crippen molar-refractivity contribution in [2.75, 3.05) is 6.61 Å². The van der Waals surface area contributed by atoms with Gasteiger partial charge in [0.1, 0.15) is 5.75 Å². The van der Waals surface area contributed by atoms with Crippen LogP contribution in [0.15, 0.2) is 6.08 Å². The van der Waals surface area contributed by atoms with Gasteiger partial charge in [0.05, 0.1) is 6.61 Å². The van der Waals surface area contributed by atoms with Crippen molar-refractivity contribution in [2.45, 2.75) is 40.5 Å². The molecule has 0 atom stereocenters. The molecular formula is C17H20OS2. The zero-order valence-electron chi connectivity index (χ0n) is 12.5. The second-order valence-electron chi connectivity index (χ2n) is 5.33. The van der Waals surface area contributed by atoms with Crippen LogP contribution in [0.5, 0.6) is 5.75 Å². The molecule has 0 radical (unpaired) electrons. The quantitative estimate of drug-likeness (QED) is 0.647.